The molecule has 12 heavy (non-hydrogen) atoms. The van der Waals surface area contributed by atoms with Gasteiger partial charge in [0, 0.05) is 10.5 Å². The molecule has 0 aliphatic rings. The SMILES string of the molecule is CCc1cccc(Br)c1C(C)N. The van der Waals surface area contributed by atoms with E-state index >= 15 is 0 Å². The van der Waals surface area contributed by atoms with Gasteiger partial charge in [-0.1, -0.05) is 35.0 Å². The molecule has 0 saturated heterocycles. The third kappa shape index (κ3) is 1.87. The molecule has 1 rings (SSSR count). The van der Waals surface area contributed by atoms with Crippen LogP contribution in [0.1, 0.15) is 31.0 Å². The highest BCUT2D eigenvalue weighted by Gasteiger charge is 2.08. The zero-order chi connectivity index (χ0) is 9.14. The normalized spacial score (nSPS) is 13.0. The minimum absolute atomic E-state index is 0.107. The molecule has 0 aromatic heterocycles. The number of hydrogen-bond acceptors (Lipinski definition) is 1. The van der Waals surface area contributed by atoms with Gasteiger partial charge in [0.2, 0.25) is 0 Å². The van der Waals surface area contributed by atoms with E-state index in [4.69, 9.17) is 5.73 Å². The molecule has 0 fully saturated rings. The fourth-order valence-corrected chi connectivity index (χ4v) is 2.17. The van der Waals surface area contributed by atoms with E-state index in [-0.39, 0.29) is 6.04 Å². The summed E-state index contributed by atoms with van der Waals surface area (Å²) in [6, 6.07) is 6.33. The molecule has 0 bridgehead atoms. The van der Waals surface area contributed by atoms with Crippen LogP contribution in [0.4, 0.5) is 0 Å². The van der Waals surface area contributed by atoms with Crippen LogP contribution in [0.2, 0.25) is 0 Å². The van der Waals surface area contributed by atoms with Gasteiger partial charge in [-0.15, -0.1) is 0 Å². The molecule has 1 unspecified atom stereocenters. The van der Waals surface area contributed by atoms with Gasteiger partial charge in [0.05, 0.1) is 0 Å². The van der Waals surface area contributed by atoms with Crippen LogP contribution in [-0.2, 0) is 6.42 Å². The van der Waals surface area contributed by atoms with Crippen LogP contribution >= 0.6 is 15.9 Å². The molecule has 0 saturated carbocycles. The number of halogens is 1. The van der Waals surface area contributed by atoms with Gasteiger partial charge in [-0.2, -0.15) is 0 Å². The number of nitrogens with two attached hydrogens (primary N) is 1. The summed E-state index contributed by atoms with van der Waals surface area (Å²) >= 11 is 3.51. The lowest BCUT2D eigenvalue weighted by atomic mass is 10.0. The first-order chi connectivity index (χ1) is 5.66. The quantitative estimate of drug-likeness (QED) is 0.827. The summed E-state index contributed by atoms with van der Waals surface area (Å²) < 4.78 is 1.12. The Kier molecular flexibility index (Phi) is 3.29. The van der Waals surface area contributed by atoms with Crippen molar-refractivity contribution in [3.05, 3.63) is 33.8 Å². The Balaban J connectivity index is 3.20. The maximum Gasteiger partial charge on any atom is 0.0280 e. The molecule has 1 atom stereocenters. The second-order valence-corrected chi connectivity index (χ2v) is 3.81. The summed E-state index contributed by atoms with van der Waals surface area (Å²) in [5.41, 5.74) is 8.43. The van der Waals surface area contributed by atoms with Crippen LogP contribution < -0.4 is 5.73 Å². The van der Waals surface area contributed by atoms with Gasteiger partial charge in [-0.25, -0.2) is 0 Å². The first kappa shape index (κ1) is 9.75. The Morgan fingerprint density at radius 3 is 2.58 bits per heavy atom. The third-order valence-corrected chi connectivity index (χ3v) is 2.67. The Morgan fingerprint density at radius 1 is 1.50 bits per heavy atom. The summed E-state index contributed by atoms with van der Waals surface area (Å²) in [5, 5.41) is 0. The topological polar surface area (TPSA) is 26.0 Å². The van der Waals surface area contributed by atoms with E-state index in [1.54, 1.807) is 0 Å². The highest BCUT2D eigenvalue weighted by Crippen LogP contribution is 2.25. The first-order valence-electron chi connectivity index (χ1n) is 4.19. The van der Waals surface area contributed by atoms with Crippen LogP contribution in [0.5, 0.6) is 0 Å². The summed E-state index contributed by atoms with van der Waals surface area (Å²) in [5.74, 6) is 0. The molecule has 0 radical (unpaired) electrons. The molecule has 2 N–H and O–H groups in total. The van der Waals surface area contributed by atoms with Crippen molar-refractivity contribution in [2.45, 2.75) is 26.3 Å². The summed E-state index contributed by atoms with van der Waals surface area (Å²) in [6.07, 6.45) is 1.04. The average molecular weight is 228 g/mol. The summed E-state index contributed by atoms with van der Waals surface area (Å²) in [6.45, 7) is 4.16. The van der Waals surface area contributed by atoms with Gasteiger partial charge in [0.25, 0.3) is 0 Å². The van der Waals surface area contributed by atoms with Gasteiger partial charge in [-0.05, 0) is 30.5 Å². The molecule has 2 heteroatoms. The standard InChI is InChI=1S/C10H14BrN/c1-3-8-5-4-6-9(11)10(8)7(2)12/h4-7H,3,12H2,1-2H3. The lowest BCUT2D eigenvalue weighted by Gasteiger charge is -2.13. The van der Waals surface area contributed by atoms with Crippen LogP contribution in [-0.4, -0.2) is 0 Å². The maximum atomic E-state index is 5.86. The van der Waals surface area contributed by atoms with Crippen LogP contribution in [0.3, 0.4) is 0 Å². The number of hydrogen-bond donors (Lipinski definition) is 1. The zero-order valence-corrected chi connectivity index (χ0v) is 9.06. The highest BCUT2D eigenvalue weighted by molar-refractivity contribution is 9.10. The first-order valence-corrected chi connectivity index (χ1v) is 4.99. The van der Waals surface area contributed by atoms with Crippen LogP contribution in [0.25, 0.3) is 0 Å². The van der Waals surface area contributed by atoms with E-state index in [2.05, 4.69) is 35.0 Å². The molecule has 1 aromatic rings. The highest BCUT2D eigenvalue weighted by atomic mass is 79.9. The lowest BCUT2D eigenvalue weighted by molar-refractivity contribution is 0.796. The summed E-state index contributed by atoms with van der Waals surface area (Å²) in [4.78, 5) is 0. The second-order valence-electron chi connectivity index (χ2n) is 2.95. The van der Waals surface area contributed by atoms with E-state index in [0.717, 1.165) is 10.9 Å². The van der Waals surface area contributed by atoms with Crippen molar-refractivity contribution in [1.29, 1.82) is 0 Å². The van der Waals surface area contributed by atoms with Crippen molar-refractivity contribution >= 4 is 15.9 Å². The van der Waals surface area contributed by atoms with E-state index in [9.17, 15) is 0 Å². The molecule has 1 nitrogen and oxygen atoms in total. The Morgan fingerprint density at radius 2 is 2.17 bits per heavy atom. The summed E-state index contributed by atoms with van der Waals surface area (Å²) in [7, 11) is 0. The van der Waals surface area contributed by atoms with Crippen molar-refractivity contribution in [2.24, 2.45) is 5.73 Å². The third-order valence-electron chi connectivity index (χ3n) is 1.98. The van der Waals surface area contributed by atoms with E-state index in [1.807, 2.05) is 13.0 Å². The minimum atomic E-state index is 0.107. The maximum absolute atomic E-state index is 5.86. The van der Waals surface area contributed by atoms with Crippen molar-refractivity contribution in [3.8, 4) is 0 Å². The minimum Gasteiger partial charge on any atom is -0.324 e. The predicted molar refractivity (Wildman–Crippen MR) is 56.1 cm³/mol. The Bertz CT molecular complexity index is 269. The number of rotatable bonds is 2. The molecule has 0 aliphatic heterocycles. The van der Waals surface area contributed by atoms with E-state index in [1.165, 1.54) is 11.1 Å². The predicted octanol–water partition coefficient (Wildman–Crippen LogP) is 3.03. The largest absolute Gasteiger partial charge is 0.324 e. The molecular weight excluding hydrogens is 214 g/mol. The van der Waals surface area contributed by atoms with Crippen molar-refractivity contribution in [2.75, 3.05) is 0 Å². The van der Waals surface area contributed by atoms with Gasteiger partial charge in [-0.3, -0.25) is 0 Å². The van der Waals surface area contributed by atoms with Gasteiger partial charge < -0.3 is 5.73 Å². The molecule has 0 aliphatic carbocycles. The zero-order valence-electron chi connectivity index (χ0n) is 7.47. The van der Waals surface area contributed by atoms with Crippen molar-refractivity contribution < 1.29 is 0 Å². The smallest absolute Gasteiger partial charge is 0.0280 e. The van der Waals surface area contributed by atoms with E-state index in [0.29, 0.717) is 0 Å². The number of aryl methyl sites for hydroxylation is 1. The molecule has 0 spiro atoms. The Labute approximate surface area is 82.1 Å². The fourth-order valence-electron chi connectivity index (χ4n) is 1.40. The van der Waals surface area contributed by atoms with Gasteiger partial charge in [0.1, 0.15) is 0 Å². The Hall–Kier alpha value is -0.340. The molecule has 0 amide bonds. The average Bonchev–Trinajstić information content (AvgIpc) is 2.03. The fraction of sp³-hybridized carbons (Fsp3) is 0.400. The van der Waals surface area contributed by atoms with Crippen molar-refractivity contribution in [3.63, 3.8) is 0 Å². The number of benzene rings is 1. The molecule has 0 heterocycles. The monoisotopic (exact) mass is 227 g/mol. The van der Waals surface area contributed by atoms with Crippen LogP contribution in [0.15, 0.2) is 22.7 Å². The van der Waals surface area contributed by atoms with Gasteiger partial charge in [0.15, 0.2) is 0 Å². The van der Waals surface area contributed by atoms with Crippen LogP contribution in [0, 0.1) is 0 Å². The molecule has 1 aromatic carbocycles. The van der Waals surface area contributed by atoms with Crippen molar-refractivity contribution in [1.82, 2.24) is 0 Å². The lowest BCUT2D eigenvalue weighted by Crippen LogP contribution is -2.08. The molecular formula is C10H14BrN. The van der Waals surface area contributed by atoms with E-state index < -0.39 is 0 Å². The second kappa shape index (κ2) is 4.06. The molecule has 66 valence electrons. The van der Waals surface area contributed by atoms with Gasteiger partial charge >= 0.3 is 0 Å².